The van der Waals surface area contributed by atoms with Crippen molar-refractivity contribution in [3.63, 3.8) is 0 Å². The van der Waals surface area contributed by atoms with Crippen molar-refractivity contribution >= 4 is 5.91 Å². The SMILES string of the molecule is O=C(CN1CCC[C@H]1CCCO)N1CCC[C@@H](C(F)(F)F)C1. The topological polar surface area (TPSA) is 43.8 Å². The van der Waals surface area contributed by atoms with E-state index in [1.165, 1.54) is 4.90 Å². The Morgan fingerprint density at radius 2 is 1.91 bits per heavy atom. The lowest BCUT2D eigenvalue weighted by Crippen LogP contribution is -2.48. The predicted molar refractivity (Wildman–Crippen MR) is 76.3 cm³/mol. The number of carbonyl (C=O) groups excluding carboxylic acids is 1. The summed E-state index contributed by atoms with van der Waals surface area (Å²) in [6, 6.07) is 0.277. The van der Waals surface area contributed by atoms with Gasteiger partial charge in [0.1, 0.15) is 0 Å². The maximum Gasteiger partial charge on any atom is 0.393 e. The number of carbonyl (C=O) groups is 1. The highest BCUT2D eigenvalue weighted by molar-refractivity contribution is 5.78. The van der Waals surface area contributed by atoms with Crippen LogP contribution in [0.4, 0.5) is 13.2 Å². The minimum Gasteiger partial charge on any atom is -0.396 e. The summed E-state index contributed by atoms with van der Waals surface area (Å²) >= 11 is 0. The van der Waals surface area contributed by atoms with E-state index in [9.17, 15) is 18.0 Å². The van der Waals surface area contributed by atoms with Gasteiger partial charge in [0.25, 0.3) is 0 Å². The largest absolute Gasteiger partial charge is 0.396 e. The molecule has 128 valence electrons. The number of likely N-dealkylation sites (tertiary alicyclic amines) is 2. The fourth-order valence-corrected chi connectivity index (χ4v) is 3.50. The van der Waals surface area contributed by atoms with Gasteiger partial charge in [-0.1, -0.05) is 0 Å². The van der Waals surface area contributed by atoms with E-state index in [4.69, 9.17) is 5.11 Å². The van der Waals surface area contributed by atoms with Gasteiger partial charge in [-0.3, -0.25) is 9.69 Å². The molecule has 2 fully saturated rings. The summed E-state index contributed by atoms with van der Waals surface area (Å²) in [5.74, 6) is -1.57. The van der Waals surface area contributed by atoms with Gasteiger partial charge >= 0.3 is 6.18 Å². The summed E-state index contributed by atoms with van der Waals surface area (Å²) in [6.07, 6.45) is -0.118. The van der Waals surface area contributed by atoms with E-state index in [1.54, 1.807) is 0 Å². The summed E-state index contributed by atoms with van der Waals surface area (Å²) in [5.41, 5.74) is 0. The van der Waals surface area contributed by atoms with Gasteiger partial charge in [0.15, 0.2) is 0 Å². The second-order valence-electron chi connectivity index (χ2n) is 6.35. The standard InChI is InChI=1S/C15H25F3N2O2/c16-15(17,18)12-4-1-8-20(10-12)14(22)11-19-7-2-5-13(19)6-3-9-21/h12-13,21H,1-11H2/t12-,13+/m1/s1. The van der Waals surface area contributed by atoms with Crippen LogP contribution in [0.25, 0.3) is 0 Å². The number of halogens is 3. The fourth-order valence-electron chi connectivity index (χ4n) is 3.50. The van der Waals surface area contributed by atoms with E-state index in [1.807, 2.05) is 0 Å². The third-order valence-electron chi connectivity index (χ3n) is 4.77. The Hall–Kier alpha value is -0.820. The first-order valence-corrected chi connectivity index (χ1v) is 8.11. The van der Waals surface area contributed by atoms with Crippen LogP contribution in [-0.2, 0) is 4.79 Å². The first kappa shape index (κ1) is 17.5. The highest BCUT2D eigenvalue weighted by atomic mass is 19.4. The van der Waals surface area contributed by atoms with Gasteiger partial charge in [0.2, 0.25) is 5.91 Å². The molecule has 4 nitrogen and oxygen atoms in total. The van der Waals surface area contributed by atoms with Crippen LogP contribution in [0.2, 0.25) is 0 Å². The molecule has 0 spiro atoms. The number of hydrogen-bond acceptors (Lipinski definition) is 3. The Balaban J connectivity index is 1.86. The van der Waals surface area contributed by atoms with Gasteiger partial charge in [-0.2, -0.15) is 13.2 Å². The maximum absolute atomic E-state index is 12.8. The zero-order valence-corrected chi connectivity index (χ0v) is 12.8. The van der Waals surface area contributed by atoms with Crippen molar-refractivity contribution in [1.29, 1.82) is 0 Å². The molecule has 2 saturated heterocycles. The van der Waals surface area contributed by atoms with Crippen molar-refractivity contribution in [2.75, 3.05) is 32.8 Å². The lowest BCUT2D eigenvalue weighted by Gasteiger charge is -2.35. The van der Waals surface area contributed by atoms with E-state index in [2.05, 4.69) is 4.90 Å². The van der Waals surface area contributed by atoms with E-state index in [-0.39, 0.29) is 38.1 Å². The van der Waals surface area contributed by atoms with Crippen LogP contribution in [0, 0.1) is 5.92 Å². The maximum atomic E-state index is 12.8. The molecule has 1 amide bonds. The van der Waals surface area contributed by atoms with Gasteiger partial charge in [-0.25, -0.2) is 0 Å². The van der Waals surface area contributed by atoms with Crippen LogP contribution in [0.1, 0.15) is 38.5 Å². The Morgan fingerprint density at radius 1 is 1.18 bits per heavy atom. The van der Waals surface area contributed by atoms with Crippen LogP contribution >= 0.6 is 0 Å². The molecule has 0 aromatic heterocycles. The first-order valence-electron chi connectivity index (χ1n) is 8.11. The molecule has 2 aliphatic heterocycles. The van der Waals surface area contributed by atoms with Gasteiger partial charge in [0, 0.05) is 25.7 Å². The minimum absolute atomic E-state index is 0.121. The molecule has 7 heteroatoms. The minimum atomic E-state index is -4.21. The second-order valence-corrected chi connectivity index (χ2v) is 6.35. The smallest absolute Gasteiger partial charge is 0.393 e. The fraction of sp³-hybridized carbons (Fsp3) is 0.933. The van der Waals surface area contributed by atoms with Crippen LogP contribution in [0.15, 0.2) is 0 Å². The Labute approximate surface area is 129 Å². The van der Waals surface area contributed by atoms with Crippen LogP contribution in [-0.4, -0.2) is 65.8 Å². The summed E-state index contributed by atoms with van der Waals surface area (Å²) < 4.78 is 38.4. The van der Waals surface area contributed by atoms with Gasteiger partial charge in [-0.05, 0) is 45.1 Å². The summed E-state index contributed by atoms with van der Waals surface area (Å²) in [4.78, 5) is 15.8. The molecular formula is C15H25F3N2O2. The predicted octanol–water partition coefficient (Wildman–Crippen LogP) is 2.02. The number of piperidine rings is 1. The van der Waals surface area contributed by atoms with Crippen molar-refractivity contribution in [2.45, 2.75) is 50.7 Å². The van der Waals surface area contributed by atoms with Gasteiger partial charge in [0.05, 0.1) is 12.5 Å². The number of alkyl halides is 3. The number of rotatable bonds is 5. The van der Waals surface area contributed by atoms with Crippen molar-refractivity contribution in [2.24, 2.45) is 5.92 Å². The first-order chi connectivity index (χ1) is 10.4. The summed E-state index contributed by atoms with van der Waals surface area (Å²) in [7, 11) is 0. The average Bonchev–Trinajstić information content (AvgIpc) is 2.91. The van der Waals surface area contributed by atoms with Gasteiger partial charge in [-0.15, -0.1) is 0 Å². The van der Waals surface area contributed by atoms with Crippen molar-refractivity contribution < 1.29 is 23.1 Å². The molecule has 0 saturated carbocycles. The molecule has 2 aliphatic rings. The lowest BCUT2D eigenvalue weighted by molar-refractivity contribution is -0.188. The van der Waals surface area contributed by atoms with Crippen molar-refractivity contribution in [3.05, 3.63) is 0 Å². The molecule has 0 unspecified atom stereocenters. The Morgan fingerprint density at radius 3 is 2.59 bits per heavy atom. The number of nitrogens with zero attached hydrogens (tertiary/aromatic N) is 2. The molecule has 2 rings (SSSR count). The molecule has 0 aromatic rings. The van der Waals surface area contributed by atoms with Gasteiger partial charge < -0.3 is 10.0 Å². The normalized spacial score (nSPS) is 27.4. The number of aliphatic hydroxyl groups is 1. The van der Waals surface area contributed by atoms with E-state index < -0.39 is 12.1 Å². The van der Waals surface area contributed by atoms with E-state index in [0.717, 1.165) is 25.8 Å². The number of amides is 1. The van der Waals surface area contributed by atoms with Crippen LogP contribution in [0.3, 0.4) is 0 Å². The quantitative estimate of drug-likeness (QED) is 0.842. The molecule has 22 heavy (non-hydrogen) atoms. The highest BCUT2D eigenvalue weighted by Crippen LogP contribution is 2.33. The Bertz CT molecular complexity index is 376. The van der Waals surface area contributed by atoms with E-state index in [0.29, 0.717) is 19.4 Å². The van der Waals surface area contributed by atoms with Crippen LogP contribution in [0.5, 0.6) is 0 Å². The van der Waals surface area contributed by atoms with Crippen LogP contribution < -0.4 is 0 Å². The zero-order chi connectivity index (χ0) is 16.2. The van der Waals surface area contributed by atoms with Crippen molar-refractivity contribution in [3.8, 4) is 0 Å². The average molecular weight is 322 g/mol. The lowest BCUT2D eigenvalue weighted by atomic mass is 9.97. The summed E-state index contributed by atoms with van der Waals surface area (Å²) in [6.45, 7) is 1.40. The summed E-state index contributed by atoms with van der Waals surface area (Å²) in [5, 5.41) is 8.90. The zero-order valence-electron chi connectivity index (χ0n) is 12.8. The van der Waals surface area contributed by atoms with Crippen molar-refractivity contribution in [1.82, 2.24) is 9.80 Å². The molecule has 2 heterocycles. The highest BCUT2D eigenvalue weighted by Gasteiger charge is 2.42. The third-order valence-corrected chi connectivity index (χ3v) is 4.77. The molecule has 0 aliphatic carbocycles. The molecule has 0 radical (unpaired) electrons. The molecule has 2 atom stereocenters. The number of aliphatic hydroxyl groups excluding tert-OH is 1. The molecule has 1 N–H and O–H groups in total. The molecule has 0 aromatic carbocycles. The monoisotopic (exact) mass is 322 g/mol. The molecule has 0 bridgehead atoms. The Kier molecular flexibility index (Phi) is 6.09. The third kappa shape index (κ3) is 4.59. The second kappa shape index (κ2) is 7.64. The molecular weight excluding hydrogens is 297 g/mol. The van der Waals surface area contributed by atoms with E-state index >= 15 is 0 Å². The number of hydrogen-bond donors (Lipinski definition) is 1.